The Labute approximate surface area is 172 Å². The predicted octanol–water partition coefficient (Wildman–Crippen LogP) is 4.00. The van der Waals surface area contributed by atoms with Gasteiger partial charge < -0.3 is 15.2 Å². The van der Waals surface area contributed by atoms with Crippen molar-refractivity contribution in [2.75, 3.05) is 30.3 Å². The second-order valence-corrected chi connectivity index (χ2v) is 8.02. The first kappa shape index (κ1) is 19.4. The van der Waals surface area contributed by atoms with E-state index >= 15 is 0 Å². The number of rotatable bonds is 6. The van der Waals surface area contributed by atoms with Gasteiger partial charge in [0.15, 0.2) is 11.5 Å². The van der Waals surface area contributed by atoms with Crippen LogP contribution >= 0.6 is 11.3 Å². The van der Waals surface area contributed by atoms with Crippen molar-refractivity contribution >= 4 is 34.5 Å². The molecule has 4 rings (SSSR count). The SMILES string of the molecule is Cc1cc(NC(=O)c2cc(-c3cccs3)on2)ccc1NC(=O)CN1CCCC1. The first-order valence-electron chi connectivity index (χ1n) is 9.53. The number of hydrogen-bond donors (Lipinski definition) is 2. The van der Waals surface area contributed by atoms with Crippen molar-refractivity contribution < 1.29 is 14.1 Å². The number of nitrogens with zero attached hydrogens (tertiary/aromatic N) is 2. The number of carbonyl (C=O) groups is 2. The fourth-order valence-corrected chi connectivity index (χ4v) is 4.00. The molecule has 7 nitrogen and oxygen atoms in total. The van der Waals surface area contributed by atoms with Gasteiger partial charge in [0, 0.05) is 17.4 Å². The molecule has 0 saturated carbocycles. The van der Waals surface area contributed by atoms with Crippen LogP contribution in [0.3, 0.4) is 0 Å². The zero-order valence-electron chi connectivity index (χ0n) is 16.1. The number of hydrogen-bond acceptors (Lipinski definition) is 6. The van der Waals surface area contributed by atoms with Gasteiger partial charge in [-0.15, -0.1) is 11.3 Å². The summed E-state index contributed by atoms with van der Waals surface area (Å²) in [6.07, 6.45) is 2.31. The van der Waals surface area contributed by atoms with E-state index in [9.17, 15) is 9.59 Å². The summed E-state index contributed by atoms with van der Waals surface area (Å²) in [4.78, 5) is 27.8. The fraction of sp³-hybridized carbons (Fsp3) is 0.286. The Kier molecular flexibility index (Phi) is 5.73. The molecule has 1 aliphatic rings. The second kappa shape index (κ2) is 8.59. The molecule has 150 valence electrons. The molecule has 3 heterocycles. The summed E-state index contributed by atoms with van der Waals surface area (Å²) in [7, 11) is 0. The van der Waals surface area contributed by atoms with E-state index in [-0.39, 0.29) is 17.5 Å². The molecule has 2 N–H and O–H groups in total. The van der Waals surface area contributed by atoms with E-state index < -0.39 is 0 Å². The normalized spacial score (nSPS) is 14.1. The van der Waals surface area contributed by atoms with Crippen molar-refractivity contribution in [1.82, 2.24) is 10.1 Å². The number of carbonyl (C=O) groups excluding carboxylic acids is 2. The number of nitrogens with one attached hydrogen (secondary N) is 2. The molecule has 0 aliphatic carbocycles. The quantitative estimate of drug-likeness (QED) is 0.641. The number of likely N-dealkylation sites (tertiary alicyclic amines) is 1. The third kappa shape index (κ3) is 4.72. The molecule has 29 heavy (non-hydrogen) atoms. The molecule has 0 spiro atoms. The summed E-state index contributed by atoms with van der Waals surface area (Å²) in [6.45, 7) is 4.27. The molecule has 2 aromatic heterocycles. The van der Waals surface area contributed by atoms with Crippen molar-refractivity contribution in [3.05, 3.63) is 53.0 Å². The van der Waals surface area contributed by atoms with E-state index in [0.29, 0.717) is 18.0 Å². The maximum absolute atomic E-state index is 12.5. The molecule has 2 amide bonds. The van der Waals surface area contributed by atoms with Crippen molar-refractivity contribution in [3.63, 3.8) is 0 Å². The van der Waals surface area contributed by atoms with Gasteiger partial charge >= 0.3 is 0 Å². The predicted molar refractivity (Wildman–Crippen MR) is 113 cm³/mol. The maximum Gasteiger partial charge on any atom is 0.277 e. The van der Waals surface area contributed by atoms with Crippen LogP contribution in [-0.4, -0.2) is 41.5 Å². The van der Waals surface area contributed by atoms with Crippen LogP contribution in [0.2, 0.25) is 0 Å². The highest BCUT2D eigenvalue weighted by Crippen LogP contribution is 2.26. The van der Waals surface area contributed by atoms with Crippen molar-refractivity contribution in [2.24, 2.45) is 0 Å². The molecule has 1 aliphatic heterocycles. The van der Waals surface area contributed by atoms with E-state index in [2.05, 4.69) is 20.7 Å². The third-order valence-corrected chi connectivity index (χ3v) is 5.72. The minimum Gasteiger partial charge on any atom is -0.355 e. The number of aryl methyl sites for hydroxylation is 1. The van der Waals surface area contributed by atoms with Gasteiger partial charge in [0.1, 0.15) is 0 Å². The minimum absolute atomic E-state index is 0.0181. The molecule has 1 fully saturated rings. The number of benzene rings is 1. The fourth-order valence-electron chi connectivity index (χ4n) is 3.33. The van der Waals surface area contributed by atoms with Crippen LogP contribution in [0.25, 0.3) is 10.6 Å². The molecular weight excluding hydrogens is 388 g/mol. The lowest BCUT2D eigenvalue weighted by Gasteiger charge is -2.15. The van der Waals surface area contributed by atoms with Crippen LogP contribution in [0.1, 0.15) is 28.9 Å². The Morgan fingerprint density at radius 3 is 2.72 bits per heavy atom. The topological polar surface area (TPSA) is 87.5 Å². The Balaban J connectivity index is 1.37. The lowest BCUT2D eigenvalue weighted by Crippen LogP contribution is -2.31. The highest BCUT2D eigenvalue weighted by atomic mass is 32.1. The summed E-state index contributed by atoms with van der Waals surface area (Å²) >= 11 is 1.52. The van der Waals surface area contributed by atoms with Gasteiger partial charge in [-0.3, -0.25) is 14.5 Å². The molecule has 0 radical (unpaired) electrons. The van der Waals surface area contributed by atoms with Crippen LogP contribution in [0, 0.1) is 6.92 Å². The van der Waals surface area contributed by atoms with Crippen molar-refractivity contribution in [3.8, 4) is 10.6 Å². The Morgan fingerprint density at radius 2 is 2.00 bits per heavy atom. The molecule has 1 aromatic carbocycles. The van der Waals surface area contributed by atoms with E-state index in [1.165, 1.54) is 11.3 Å². The molecule has 0 atom stereocenters. The Hall–Kier alpha value is -2.97. The van der Waals surface area contributed by atoms with Gasteiger partial charge in [0.05, 0.1) is 11.4 Å². The maximum atomic E-state index is 12.5. The molecule has 3 aromatic rings. The zero-order valence-corrected chi connectivity index (χ0v) is 16.9. The Bertz CT molecular complexity index is 1010. The minimum atomic E-state index is -0.346. The van der Waals surface area contributed by atoms with E-state index in [1.54, 1.807) is 18.2 Å². The van der Waals surface area contributed by atoms with E-state index in [4.69, 9.17) is 4.52 Å². The lowest BCUT2D eigenvalue weighted by atomic mass is 10.1. The summed E-state index contributed by atoms with van der Waals surface area (Å²) in [6, 6.07) is 10.8. The number of anilines is 2. The largest absolute Gasteiger partial charge is 0.355 e. The van der Waals surface area contributed by atoms with Gasteiger partial charge in [-0.05, 0) is 68.1 Å². The molecule has 0 bridgehead atoms. The first-order chi connectivity index (χ1) is 14.1. The average Bonchev–Trinajstić information content (AvgIpc) is 3.46. The third-order valence-electron chi connectivity index (χ3n) is 4.83. The summed E-state index contributed by atoms with van der Waals surface area (Å²) < 4.78 is 5.26. The highest BCUT2D eigenvalue weighted by molar-refractivity contribution is 7.13. The summed E-state index contributed by atoms with van der Waals surface area (Å²) in [5.41, 5.74) is 2.46. The van der Waals surface area contributed by atoms with Crippen LogP contribution in [0.5, 0.6) is 0 Å². The van der Waals surface area contributed by atoms with E-state index in [0.717, 1.165) is 42.1 Å². The monoisotopic (exact) mass is 410 g/mol. The van der Waals surface area contributed by atoms with Gasteiger partial charge in [0.25, 0.3) is 5.91 Å². The number of amides is 2. The highest BCUT2D eigenvalue weighted by Gasteiger charge is 2.17. The zero-order chi connectivity index (χ0) is 20.2. The van der Waals surface area contributed by atoms with Gasteiger partial charge in [-0.1, -0.05) is 11.2 Å². The molecular formula is C21H22N4O3S. The van der Waals surface area contributed by atoms with Crippen LogP contribution in [-0.2, 0) is 4.79 Å². The lowest BCUT2D eigenvalue weighted by molar-refractivity contribution is -0.117. The van der Waals surface area contributed by atoms with Crippen LogP contribution < -0.4 is 10.6 Å². The molecule has 8 heteroatoms. The van der Waals surface area contributed by atoms with Gasteiger partial charge in [-0.2, -0.15) is 0 Å². The first-order valence-corrected chi connectivity index (χ1v) is 10.4. The summed E-state index contributed by atoms with van der Waals surface area (Å²) in [5.74, 6) is 0.203. The van der Waals surface area contributed by atoms with E-state index in [1.807, 2.05) is 30.5 Å². The van der Waals surface area contributed by atoms with Crippen molar-refractivity contribution in [2.45, 2.75) is 19.8 Å². The Morgan fingerprint density at radius 1 is 1.17 bits per heavy atom. The van der Waals surface area contributed by atoms with Crippen LogP contribution in [0.4, 0.5) is 11.4 Å². The van der Waals surface area contributed by atoms with Gasteiger partial charge in [0.2, 0.25) is 5.91 Å². The summed E-state index contributed by atoms with van der Waals surface area (Å²) in [5, 5.41) is 11.6. The molecule has 0 unspecified atom stereocenters. The van der Waals surface area contributed by atoms with Crippen molar-refractivity contribution in [1.29, 1.82) is 0 Å². The molecule has 1 saturated heterocycles. The smallest absolute Gasteiger partial charge is 0.277 e. The number of thiophene rings is 1. The van der Waals surface area contributed by atoms with Crippen LogP contribution in [0.15, 0.2) is 46.3 Å². The second-order valence-electron chi connectivity index (χ2n) is 7.07. The standard InChI is InChI=1S/C21H22N4O3S/c1-14-11-15(6-7-16(14)23-20(26)13-25-8-2-3-9-25)22-21(27)17-12-18(28-24-17)19-5-4-10-29-19/h4-7,10-12H,2-3,8-9,13H2,1H3,(H,22,27)(H,23,26). The average molecular weight is 410 g/mol. The number of aromatic nitrogens is 1. The van der Waals surface area contributed by atoms with Gasteiger partial charge in [-0.25, -0.2) is 0 Å².